The number of rotatable bonds is 3. The number of hydrogen-bond acceptors (Lipinski definition) is 4. The highest BCUT2D eigenvalue weighted by atomic mass is 32.1. The van der Waals surface area contributed by atoms with Gasteiger partial charge in [0.25, 0.3) is 0 Å². The maximum absolute atomic E-state index is 12.5. The molecule has 0 saturated carbocycles. The van der Waals surface area contributed by atoms with E-state index in [1.165, 1.54) is 10.5 Å². The molecular formula is C22H30N2OS. The lowest BCUT2D eigenvalue weighted by Gasteiger charge is -2.36. The van der Waals surface area contributed by atoms with Crippen LogP contribution >= 0.6 is 11.3 Å². The molecule has 1 aromatic heterocycles. The van der Waals surface area contributed by atoms with Gasteiger partial charge in [-0.15, -0.1) is 11.3 Å². The van der Waals surface area contributed by atoms with Crippen molar-refractivity contribution in [2.75, 3.05) is 5.32 Å². The summed E-state index contributed by atoms with van der Waals surface area (Å²) >= 11 is 1.66. The van der Waals surface area contributed by atoms with Gasteiger partial charge in [-0.25, -0.2) is 4.98 Å². The normalized spacial score (nSPS) is 25.2. The maximum Gasteiger partial charge on any atom is 0.164 e. The molecule has 1 aliphatic heterocycles. The van der Waals surface area contributed by atoms with Crippen molar-refractivity contribution >= 4 is 22.9 Å². The van der Waals surface area contributed by atoms with Crippen LogP contribution in [0.15, 0.2) is 53.2 Å². The molecule has 3 atom stereocenters. The molecule has 3 unspecified atom stereocenters. The highest BCUT2D eigenvalue weighted by Gasteiger charge is 2.39. The quantitative estimate of drug-likeness (QED) is 0.639. The van der Waals surface area contributed by atoms with Crippen LogP contribution < -0.4 is 5.32 Å². The zero-order valence-corrected chi connectivity index (χ0v) is 17.3. The second-order valence-corrected chi connectivity index (χ2v) is 7.91. The zero-order chi connectivity index (χ0) is 19.3. The number of hydrogen-bond donors (Lipinski definition) is 1. The van der Waals surface area contributed by atoms with Gasteiger partial charge in [0.1, 0.15) is 5.82 Å². The summed E-state index contributed by atoms with van der Waals surface area (Å²) in [7, 11) is 0. The number of Topliss-reactive ketones (excluding diaryl/α,β-unsaturated/α-hetero) is 1. The predicted octanol–water partition coefficient (Wildman–Crippen LogP) is 6.26. The highest BCUT2D eigenvalue weighted by Crippen LogP contribution is 2.47. The largest absolute Gasteiger partial charge is 0.342 e. The molecule has 1 aromatic rings. The molecule has 0 spiro atoms. The Kier molecular flexibility index (Phi) is 7.15. The molecule has 0 aromatic carbocycles. The first-order valence-electron chi connectivity index (χ1n) is 9.35. The SMILES string of the molecule is C=C/C=C(C)\C=C/C.CCC1C2=C(Nc3ncsc31)C(C)CC(C)C2=O. The van der Waals surface area contributed by atoms with E-state index in [9.17, 15) is 4.79 Å². The van der Waals surface area contributed by atoms with Gasteiger partial charge in [-0.2, -0.15) is 0 Å². The maximum atomic E-state index is 12.5. The molecule has 0 radical (unpaired) electrons. The van der Waals surface area contributed by atoms with Crippen LogP contribution in [-0.2, 0) is 4.79 Å². The molecule has 3 rings (SSSR count). The molecule has 1 N–H and O–H groups in total. The van der Waals surface area contributed by atoms with Gasteiger partial charge >= 0.3 is 0 Å². The van der Waals surface area contributed by atoms with E-state index in [4.69, 9.17) is 0 Å². The van der Waals surface area contributed by atoms with Crippen molar-refractivity contribution in [3.8, 4) is 0 Å². The average Bonchev–Trinajstić information content (AvgIpc) is 3.07. The number of anilines is 1. The number of aromatic nitrogens is 1. The molecule has 0 fully saturated rings. The van der Waals surface area contributed by atoms with E-state index in [2.05, 4.69) is 37.7 Å². The molecule has 140 valence electrons. The number of nitrogens with zero attached hydrogens (tertiary/aromatic N) is 1. The van der Waals surface area contributed by atoms with Gasteiger partial charge in [-0.1, -0.05) is 57.2 Å². The Hall–Kier alpha value is -1.94. The summed E-state index contributed by atoms with van der Waals surface area (Å²) in [4.78, 5) is 18.1. The van der Waals surface area contributed by atoms with E-state index >= 15 is 0 Å². The van der Waals surface area contributed by atoms with Crippen LogP contribution in [0, 0.1) is 11.8 Å². The van der Waals surface area contributed by atoms with Crippen molar-refractivity contribution in [2.24, 2.45) is 11.8 Å². The van der Waals surface area contributed by atoms with Gasteiger partial charge in [-0.05, 0) is 32.6 Å². The Balaban J connectivity index is 0.000000260. The van der Waals surface area contributed by atoms with Gasteiger partial charge in [0.2, 0.25) is 0 Å². The highest BCUT2D eigenvalue weighted by molar-refractivity contribution is 7.10. The summed E-state index contributed by atoms with van der Waals surface area (Å²) in [5.74, 6) is 2.14. The summed E-state index contributed by atoms with van der Waals surface area (Å²) in [6.07, 6.45) is 9.73. The van der Waals surface area contributed by atoms with Crippen LogP contribution in [0.5, 0.6) is 0 Å². The monoisotopic (exact) mass is 370 g/mol. The number of ketones is 1. The van der Waals surface area contributed by atoms with Crippen molar-refractivity contribution in [1.29, 1.82) is 0 Å². The third-order valence-corrected chi connectivity index (χ3v) is 5.88. The number of nitrogens with one attached hydrogen (secondary N) is 1. The third kappa shape index (κ3) is 4.24. The number of carbonyl (C=O) groups excluding carboxylic acids is 1. The van der Waals surface area contributed by atoms with Crippen molar-refractivity contribution in [3.05, 3.63) is 58.1 Å². The minimum absolute atomic E-state index is 0.157. The van der Waals surface area contributed by atoms with Crippen LogP contribution in [0.2, 0.25) is 0 Å². The van der Waals surface area contributed by atoms with Crippen molar-refractivity contribution in [2.45, 2.75) is 53.4 Å². The first kappa shape index (κ1) is 20.4. The third-order valence-electron chi connectivity index (χ3n) is 4.93. The Labute approximate surface area is 161 Å². The van der Waals surface area contributed by atoms with Gasteiger partial charge in [-0.3, -0.25) is 4.79 Å². The molecule has 3 nitrogen and oxygen atoms in total. The molecule has 0 saturated heterocycles. The first-order valence-corrected chi connectivity index (χ1v) is 10.2. The number of allylic oxidation sites excluding steroid dienone is 7. The van der Waals surface area contributed by atoms with Crippen LogP contribution in [0.3, 0.4) is 0 Å². The Bertz CT molecular complexity index is 754. The zero-order valence-electron chi connectivity index (χ0n) is 16.5. The Morgan fingerprint density at radius 2 is 2.15 bits per heavy atom. The number of thiazole rings is 1. The Morgan fingerprint density at radius 1 is 1.42 bits per heavy atom. The van der Waals surface area contributed by atoms with Crippen molar-refractivity contribution < 1.29 is 4.79 Å². The van der Waals surface area contributed by atoms with Crippen LogP contribution in [0.4, 0.5) is 5.82 Å². The van der Waals surface area contributed by atoms with E-state index in [1.807, 2.05) is 37.6 Å². The number of fused-ring (bicyclic) bond motifs is 1. The molecular weight excluding hydrogens is 340 g/mol. The van der Waals surface area contributed by atoms with E-state index < -0.39 is 0 Å². The second-order valence-electron chi connectivity index (χ2n) is 7.03. The molecule has 0 bridgehead atoms. The molecule has 4 heteroatoms. The summed E-state index contributed by atoms with van der Waals surface area (Å²) in [5.41, 5.74) is 5.27. The fourth-order valence-electron chi connectivity index (χ4n) is 3.72. The van der Waals surface area contributed by atoms with E-state index in [-0.39, 0.29) is 11.8 Å². The van der Waals surface area contributed by atoms with E-state index in [1.54, 1.807) is 17.4 Å². The molecule has 0 amide bonds. The van der Waals surface area contributed by atoms with Crippen LogP contribution in [0.1, 0.15) is 58.3 Å². The topological polar surface area (TPSA) is 42.0 Å². The van der Waals surface area contributed by atoms with E-state index in [0.717, 1.165) is 29.9 Å². The van der Waals surface area contributed by atoms with Gasteiger partial charge in [0.15, 0.2) is 5.78 Å². The number of carbonyl (C=O) groups is 1. The fraction of sp³-hybridized carbons (Fsp3) is 0.455. The van der Waals surface area contributed by atoms with Crippen molar-refractivity contribution in [1.82, 2.24) is 4.98 Å². The predicted molar refractivity (Wildman–Crippen MR) is 113 cm³/mol. The summed E-state index contributed by atoms with van der Waals surface area (Å²) in [5, 5.41) is 3.40. The average molecular weight is 371 g/mol. The van der Waals surface area contributed by atoms with Crippen molar-refractivity contribution in [3.63, 3.8) is 0 Å². The summed E-state index contributed by atoms with van der Waals surface area (Å²) < 4.78 is 0. The molecule has 1 aliphatic carbocycles. The lowest BCUT2D eigenvalue weighted by molar-refractivity contribution is -0.120. The lowest BCUT2D eigenvalue weighted by atomic mass is 9.73. The van der Waals surface area contributed by atoms with Gasteiger partial charge in [0, 0.05) is 23.1 Å². The molecule has 2 heterocycles. The second kappa shape index (κ2) is 9.13. The van der Waals surface area contributed by atoms with Gasteiger partial charge < -0.3 is 5.32 Å². The van der Waals surface area contributed by atoms with Crippen LogP contribution in [-0.4, -0.2) is 10.8 Å². The summed E-state index contributed by atoms with van der Waals surface area (Å²) in [6, 6.07) is 0. The van der Waals surface area contributed by atoms with Gasteiger partial charge in [0.05, 0.1) is 10.4 Å². The lowest BCUT2D eigenvalue weighted by Crippen LogP contribution is -2.33. The smallest absolute Gasteiger partial charge is 0.164 e. The minimum atomic E-state index is 0.157. The Morgan fingerprint density at radius 3 is 2.77 bits per heavy atom. The minimum Gasteiger partial charge on any atom is -0.342 e. The molecule has 2 aliphatic rings. The summed E-state index contributed by atoms with van der Waals surface area (Å²) in [6.45, 7) is 14.0. The standard InChI is InChI=1S/C14H18N2OS.C8H12/c1-4-9-10-11(7(2)5-8(3)12(10)17)16-14-13(9)18-6-15-14;1-4-6-8(3)7-5-2/h6-9,16H,4-5H2,1-3H3;4-7H,1H2,2-3H3/b;7-5-,8-6-. The fourth-order valence-corrected chi connectivity index (χ4v) is 4.65. The van der Waals surface area contributed by atoms with Crippen LogP contribution in [0.25, 0.3) is 0 Å². The van der Waals surface area contributed by atoms with E-state index in [0.29, 0.717) is 11.7 Å². The molecule has 26 heavy (non-hydrogen) atoms. The first-order chi connectivity index (χ1) is 12.4.